The molecule has 2 aromatic rings. The van der Waals surface area contributed by atoms with Crippen molar-refractivity contribution < 1.29 is 15.5 Å². The highest BCUT2D eigenvalue weighted by atomic mass is 16.5. The van der Waals surface area contributed by atoms with Crippen LogP contribution in [0, 0.1) is 6.92 Å². The van der Waals surface area contributed by atoms with Gasteiger partial charge in [0.1, 0.15) is 5.75 Å². The summed E-state index contributed by atoms with van der Waals surface area (Å²) in [6.45, 7) is 2.05. The number of hydrogen-bond acceptors (Lipinski definition) is 1. The fourth-order valence-corrected chi connectivity index (χ4v) is 1.24. The van der Waals surface area contributed by atoms with E-state index in [1.165, 1.54) is 5.56 Å². The Labute approximate surface area is 88.5 Å². The van der Waals surface area contributed by atoms with Gasteiger partial charge in [0.05, 0.1) is 6.07 Å². The molecule has 0 saturated carbocycles. The summed E-state index contributed by atoms with van der Waals surface area (Å²) in [6, 6.07) is 11.7. The third-order valence-electron chi connectivity index (χ3n) is 2.10. The van der Waals surface area contributed by atoms with Crippen LogP contribution in [-0.2, 0) is 0 Å². The molecule has 0 bridgehead atoms. The standard InChI is InChI=1S/C12H12N2O/c1-9-2-5-11(6-3-9)15-12-7-4-10(13)8-14-12/h2-8H,13H2,1H3/p+2. The average molecular weight is 202 g/mol. The molecular formula is C12H14N2O+2. The van der Waals surface area contributed by atoms with Crippen LogP contribution >= 0.6 is 0 Å². The molecule has 0 radical (unpaired) electrons. The number of aryl methyl sites for hydroxylation is 1. The SMILES string of the molecule is Cc1ccc(Oc2ccc([NH3+])c[nH+]2)cc1. The highest BCUT2D eigenvalue weighted by molar-refractivity contribution is 5.30. The van der Waals surface area contributed by atoms with Gasteiger partial charge in [0, 0.05) is 6.07 Å². The van der Waals surface area contributed by atoms with E-state index < -0.39 is 0 Å². The molecule has 76 valence electrons. The molecule has 2 rings (SSSR count). The normalized spacial score (nSPS) is 10.0. The number of aromatic nitrogens is 1. The van der Waals surface area contributed by atoms with Gasteiger partial charge in [-0.25, -0.2) is 0 Å². The molecule has 0 aliphatic heterocycles. The Morgan fingerprint density at radius 3 is 2.40 bits per heavy atom. The van der Waals surface area contributed by atoms with Gasteiger partial charge in [0.25, 0.3) is 0 Å². The zero-order valence-corrected chi connectivity index (χ0v) is 8.66. The molecule has 15 heavy (non-hydrogen) atoms. The van der Waals surface area contributed by atoms with Crippen LogP contribution in [0.5, 0.6) is 11.6 Å². The molecule has 1 heterocycles. The zero-order chi connectivity index (χ0) is 10.7. The number of pyridine rings is 1. The van der Waals surface area contributed by atoms with Gasteiger partial charge in [-0.15, -0.1) is 0 Å². The number of ether oxygens (including phenoxy) is 1. The second kappa shape index (κ2) is 4.11. The van der Waals surface area contributed by atoms with Crippen LogP contribution in [0.25, 0.3) is 0 Å². The van der Waals surface area contributed by atoms with E-state index in [2.05, 4.69) is 10.7 Å². The lowest BCUT2D eigenvalue weighted by molar-refractivity contribution is -0.401. The maximum Gasteiger partial charge on any atom is 0.371 e. The maximum atomic E-state index is 5.60. The Balaban J connectivity index is 2.15. The lowest BCUT2D eigenvalue weighted by atomic mass is 10.2. The minimum absolute atomic E-state index is 0.714. The summed E-state index contributed by atoms with van der Waals surface area (Å²) in [4.78, 5) is 3.02. The molecule has 0 unspecified atom stereocenters. The number of quaternary nitrogens is 1. The molecule has 0 aliphatic rings. The van der Waals surface area contributed by atoms with Crippen molar-refractivity contribution in [2.24, 2.45) is 0 Å². The van der Waals surface area contributed by atoms with Gasteiger partial charge >= 0.3 is 5.88 Å². The smallest absolute Gasteiger partial charge is 0.371 e. The third-order valence-corrected chi connectivity index (χ3v) is 2.10. The predicted octanol–water partition coefficient (Wildman–Crippen LogP) is 1.47. The largest absolute Gasteiger partial charge is 0.405 e. The Morgan fingerprint density at radius 1 is 1.07 bits per heavy atom. The predicted molar refractivity (Wildman–Crippen MR) is 56.8 cm³/mol. The monoisotopic (exact) mass is 202 g/mol. The van der Waals surface area contributed by atoms with Crippen molar-refractivity contribution in [1.82, 2.24) is 0 Å². The molecule has 3 heteroatoms. The van der Waals surface area contributed by atoms with Crippen molar-refractivity contribution in [1.29, 1.82) is 0 Å². The quantitative estimate of drug-likeness (QED) is 0.787. The van der Waals surface area contributed by atoms with Gasteiger partial charge in [-0.05, 0) is 19.1 Å². The topological polar surface area (TPSA) is 51.0 Å². The Hall–Kier alpha value is -1.87. The maximum absolute atomic E-state index is 5.60. The third kappa shape index (κ3) is 2.54. The van der Waals surface area contributed by atoms with Crippen LogP contribution in [0.2, 0.25) is 0 Å². The minimum atomic E-state index is 0.714. The average Bonchev–Trinajstić information content (AvgIpc) is 2.25. The second-order valence-electron chi connectivity index (χ2n) is 3.48. The van der Waals surface area contributed by atoms with Crippen LogP contribution in [-0.4, -0.2) is 0 Å². The molecule has 0 aliphatic carbocycles. The Bertz CT molecular complexity index is 391. The van der Waals surface area contributed by atoms with E-state index in [9.17, 15) is 0 Å². The molecule has 0 saturated heterocycles. The van der Waals surface area contributed by atoms with E-state index >= 15 is 0 Å². The first kappa shape index (κ1) is 9.68. The van der Waals surface area contributed by atoms with Gasteiger partial charge in [-0.1, -0.05) is 17.7 Å². The lowest BCUT2D eigenvalue weighted by Crippen LogP contribution is -2.41. The van der Waals surface area contributed by atoms with Gasteiger partial charge in [0.2, 0.25) is 6.20 Å². The van der Waals surface area contributed by atoms with Gasteiger partial charge in [-0.3, -0.25) is 0 Å². The first-order chi connectivity index (χ1) is 7.24. The van der Waals surface area contributed by atoms with Crippen LogP contribution in [0.15, 0.2) is 42.6 Å². The highest BCUT2D eigenvalue weighted by Crippen LogP contribution is 2.17. The van der Waals surface area contributed by atoms with Crippen molar-refractivity contribution in [3.05, 3.63) is 48.2 Å². The number of rotatable bonds is 2. The van der Waals surface area contributed by atoms with Crippen LogP contribution in [0.3, 0.4) is 0 Å². The second-order valence-corrected chi connectivity index (χ2v) is 3.48. The highest BCUT2D eigenvalue weighted by Gasteiger charge is 2.04. The van der Waals surface area contributed by atoms with Crippen molar-refractivity contribution in [2.45, 2.75) is 6.92 Å². The van der Waals surface area contributed by atoms with Crippen LogP contribution < -0.4 is 15.5 Å². The summed E-state index contributed by atoms with van der Waals surface area (Å²) < 4.78 is 5.60. The van der Waals surface area contributed by atoms with Gasteiger partial charge < -0.3 is 10.5 Å². The minimum Gasteiger partial charge on any atom is -0.405 e. The molecular weight excluding hydrogens is 188 g/mol. The van der Waals surface area contributed by atoms with Crippen molar-refractivity contribution in [3.63, 3.8) is 0 Å². The van der Waals surface area contributed by atoms with Crippen molar-refractivity contribution >= 4 is 5.69 Å². The fraction of sp³-hybridized carbons (Fsp3) is 0.0833. The van der Waals surface area contributed by atoms with E-state index in [4.69, 9.17) is 4.74 Å². The zero-order valence-electron chi connectivity index (χ0n) is 8.66. The van der Waals surface area contributed by atoms with Crippen LogP contribution in [0.4, 0.5) is 5.69 Å². The molecule has 0 amide bonds. The summed E-state index contributed by atoms with van der Waals surface area (Å²) in [5.74, 6) is 1.54. The van der Waals surface area contributed by atoms with Gasteiger partial charge in [0.15, 0.2) is 5.69 Å². The number of hydrogen-bond donors (Lipinski definition) is 1. The van der Waals surface area contributed by atoms with E-state index in [-0.39, 0.29) is 0 Å². The molecule has 4 N–H and O–H groups in total. The number of H-pyrrole nitrogens is 1. The summed E-state index contributed by atoms with van der Waals surface area (Å²) in [6.07, 6.45) is 1.81. The van der Waals surface area contributed by atoms with Crippen LogP contribution in [0.1, 0.15) is 5.56 Å². The number of nitrogens with one attached hydrogen (secondary N) is 1. The molecule has 1 aromatic carbocycles. The number of aromatic amines is 1. The summed E-state index contributed by atoms with van der Waals surface area (Å²) in [7, 11) is 0. The van der Waals surface area contributed by atoms with Crippen molar-refractivity contribution in [2.75, 3.05) is 0 Å². The van der Waals surface area contributed by atoms with E-state index in [1.807, 2.05) is 49.5 Å². The van der Waals surface area contributed by atoms with Gasteiger partial charge in [-0.2, -0.15) is 4.98 Å². The first-order valence-corrected chi connectivity index (χ1v) is 4.82. The van der Waals surface area contributed by atoms with E-state index in [1.54, 1.807) is 0 Å². The summed E-state index contributed by atoms with van der Waals surface area (Å²) in [5.41, 5.74) is 5.95. The lowest BCUT2D eigenvalue weighted by Gasteiger charge is -2.00. The number of benzene rings is 1. The molecule has 0 fully saturated rings. The molecule has 1 aromatic heterocycles. The first-order valence-electron chi connectivity index (χ1n) is 4.82. The summed E-state index contributed by atoms with van der Waals surface area (Å²) in [5, 5.41) is 0. The Morgan fingerprint density at radius 2 is 1.80 bits per heavy atom. The Kier molecular flexibility index (Phi) is 2.65. The summed E-state index contributed by atoms with van der Waals surface area (Å²) >= 11 is 0. The molecule has 0 spiro atoms. The molecule has 0 atom stereocenters. The van der Waals surface area contributed by atoms with E-state index in [0.717, 1.165) is 11.4 Å². The fourth-order valence-electron chi connectivity index (χ4n) is 1.24. The van der Waals surface area contributed by atoms with E-state index in [0.29, 0.717) is 5.88 Å². The molecule has 3 nitrogen and oxygen atoms in total. The van der Waals surface area contributed by atoms with Crippen molar-refractivity contribution in [3.8, 4) is 11.6 Å².